The maximum atomic E-state index is 12.5. The Morgan fingerprint density at radius 3 is 2.58 bits per heavy atom. The van der Waals surface area contributed by atoms with E-state index in [4.69, 9.17) is 11.6 Å². The number of hydrogen-bond donors (Lipinski definition) is 1. The molecule has 24 heavy (non-hydrogen) atoms. The summed E-state index contributed by atoms with van der Waals surface area (Å²) in [5.74, 6) is -0.180. The molecule has 1 N–H and O–H groups in total. The highest BCUT2D eigenvalue weighted by Gasteiger charge is 2.15. The molecule has 0 saturated carbocycles. The van der Waals surface area contributed by atoms with E-state index >= 15 is 0 Å². The van der Waals surface area contributed by atoms with Crippen LogP contribution in [0.2, 0.25) is 5.02 Å². The molecule has 4 nitrogen and oxygen atoms in total. The summed E-state index contributed by atoms with van der Waals surface area (Å²) in [5, 5.41) is 4.29. The third-order valence-electron chi connectivity index (χ3n) is 3.47. The molecule has 0 aliphatic carbocycles. The first-order chi connectivity index (χ1) is 11.6. The van der Waals surface area contributed by atoms with Gasteiger partial charge in [-0.3, -0.25) is 4.79 Å². The summed E-state index contributed by atoms with van der Waals surface area (Å²) >= 11 is 7.51. The molecule has 3 rings (SSSR count). The van der Waals surface area contributed by atoms with Crippen molar-refractivity contribution in [2.24, 2.45) is 0 Å². The van der Waals surface area contributed by atoms with Gasteiger partial charge in [0.1, 0.15) is 9.88 Å². The maximum absolute atomic E-state index is 12.5. The van der Waals surface area contributed by atoms with Gasteiger partial charge in [-0.15, -0.1) is 11.3 Å². The van der Waals surface area contributed by atoms with Gasteiger partial charge in [0.25, 0.3) is 5.91 Å². The van der Waals surface area contributed by atoms with E-state index < -0.39 is 0 Å². The largest absolute Gasteiger partial charge is 0.376 e. The highest BCUT2D eigenvalue weighted by atomic mass is 35.5. The fourth-order valence-corrected chi connectivity index (χ4v) is 3.42. The van der Waals surface area contributed by atoms with Gasteiger partial charge in [-0.25, -0.2) is 4.98 Å². The second kappa shape index (κ2) is 7.03. The topological polar surface area (TPSA) is 45.2 Å². The second-order valence-corrected chi connectivity index (χ2v) is 6.81. The highest BCUT2D eigenvalue weighted by Crippen LogP contribution is 2.31. The predicted molar refractivity (Wildman–Crippen MR) is 101 cm³/mol. The summed E-state index contributed by atoms with van der Waals surface area (Å²) in [6.07, 6.45) is 1.58. The second-order valence-electron chi connectivity index (χ2n) is 5.38. The average Bonchev–Trinajstić information content (AvgIpc) is 3.05. The predicted octanol–water partition coefficient (Wildman–Crippen LogP) is 4.78. The minimum absolute atomic E-state index is 0.180. The van der Waals surface area contributed by atoms with Crippen molar-refractivity contribution in [1.29, 1.82) is 0 Å². The molecule has 0 bridgehead atoms. The van der Waals surface area contributed by atoms with Crippen molar-refractivity contribution < 1.29 is 4.79 Å². The van der Waals surface area contributed by atoms with Crippen LogP contribution >= 0.6 is 22.9 Å². The van der Waals surface area contributed by atoms with Crippen LogP contribution in [0.25, 0.3) is 10.6 Å². The van der Waals surface area contributed by atoms with Crippen molar-refractivity contribution in [2.75, 3.05) is 24.3 Å². The molecule has 0 unspecified atom stereocenters. The Hall–Kier alpha value is -2.37. The first kappa shape index (κ1) is 16.5. The van der Waals surface area contributed by atoms with Crippen LogP contribution in [0.4, 0.5) is 11.4 Å². The van der Waals surface area contributed by atoms with E-state index in [1.807, 2.05) is 67.5 Å². The first-order valence-electron chi connectivity index (χ1n) is 7.34. The van der Waals surface area contributed by atoms with Gasteiger partial charge in [0.05, 0.1) is 22.6 Å². The summed E-state index contributed by atoms with van der Waals surface area (Å²) < 4.78 is 0. The molecule has 0 aliphatic rings. The molecule has 122 valence electrons. The van der Waals surface area contributed by atoms with E-state index in [9.17, 15) is 4.79 Å². The van der Waals surface area contributed by atoms with Crippen molar-refractivity contribution in [1.82, 2.24) is 4.98 Å². The summed E-state index contributed by atoms with van der Waals surface area (Å²) in [5.41, 5.74) is 2.54. The number of carbonyl (C=O) groups is 1. The van der Waals surface area contributed by atoms with E-state index in [0.29, 0.717) is 9.90 Å². The van der Waals surface area contributed by atoms with Crippen LogP contribution in [-0.2, 0) is 0 Å². The van der Waals surface area contributed by atoms with E-state index in [1.165, 1.54) is 11.3 Å². The molecule has 3 aromatic rings. The molecule has 0 spiro atoms. The number of benzene rings is 2. The summed E-state index contributed by atoms with van der Waals surface area (Å²) in [4.78, 5) is 19.4. The number of nitrogens with zero attached hydrogens (tertiary/aromatic N) is 2. The molecule has 0 saturated heterocycles. The Morgan fingerprint density at radius 2 is 1.83 bits per heavy atom. The van der Waals surface area contributed by atoms with Gasteiger partial charge in [-0.1, -0.05) is 41.9 Å². The number of amides is 1. The smallest absolute Gasteiger partial charge is 0.267 e. The number of para-hydroxylation sites is 2. The molecule has 6 heteroatoms. The fourth-order valence-electron chi connectivity index (χ4n) is 2.29. The van der Waals surface area contributed by atoms with Crippen LogP contribution in [0.5, 0.6) is 0 Å². The number of aromatic nitrogens is 1. The Kier molecular flexibility index (Phi) is 4.83. The molecule has 0 aliphatic heterocycles. The summed E-state index contributed by atoms with van der Waals surface area (Å²) in [6.45, 7) is 0. The number of hydrogen-bond acceptors (Lipinski definition) is 4. The normalized spacial score (nSPS) is 10.5. The molecule has 1 aromatic heterocycles. The Bertz CT molecular complexity index is 876. The van der Waals surface area contributed by atoms with Gasteiger partial charge in [-0.05, 0) is 18.2 Å². The van der Waals surface area contributed by atoms with Crippen LogP contribution in [0.1, 0.15) is 9.67 Å². The lowest BCUT2D eigenvalue weighted by Gasteiger charge is -2.17. The molecule has 0 radical (unpaired) electrons. The highest BCUT2D eigenvalue weighted by molar-refractivity contribution is 7.17. The van der Waals surface area contributed by atoms with Crippen molar-refractivity contribution in [3.8, 4) is 10.6 Å². The zero-order valence-corrected chi connectivity index (χ0v) is 14.9. The fraction of sp³-hybridized carbons (Fsp3) is 0.111. The number of halogens is 1. The van der Waals surface area contributed by atoms with E-state index in [2.05, 4.69) is 10.3 Å². The minimum Gasteiger partial charge on any atom is -0.376 e. The molecule has 0 fully saturated rings. The van der Waals surface area contributed by atoms with Crippen LogP contribution in [0.15, 0.2) is 54.7 Å². The zero-order chi connectivity index (χ0) is 17.1. The lowest BCUT2D eigenvalue weighted by molar-refractivity contribution is 0.103. The molecular weight excluding hydrogens is 342 g/mol. The van der Waals surface area contributed by atoms with Gasteiger partial charge < -0.3 is 10.2 Å². The molecule has 0 atom stereocenters. The van der Waals surface area contributed by atoms with Gasteiger partial charge in [0, 0.05) is 19.7 Å². The van der Waals surface area contributed by atoms with Crippen molar-refractivity contribution in [3.05, 3.63) is 64.6 Å². The number of carbonyl (C=O) groups excluding carboxylic acids is 1. The Labute approximate surface area is 149 Å². The quantitative estimate of drug-likeness (QED) is 0.730. The Balaban J connectivity index is 1.84. The van der Waals surface area contributed by atoms with Gasteiger partial charge >= 0.3 is 0 Å². The summed E-state index contributed by atoms with van der Waals surface area (Å²) in [7, 11) is 3.88. The van der Waals surface area contributed by atoms with Crippen molar-refractivity contribution in [2.45, 2.75) is 0 Å². The third-order valence-corrected chi connectivity index (χ3v) is 4.83. The Morgan fingerprint density at radius 1 is 1.12 bits per heavy atom. The van der Waals surface area contributed by atoms with Crippen LogP contribution in [0, 0.1) is 0 Å². The third kappa shape index (κ3) is 3.42. The number of anilines is 2. The van der Waals surface area contributed by atoms with Crippen LogP contribution in [0.3, 0.4) is 0 Å². The van der Waals surface area contributed by atoms with Crippen LogP contribution in [-0.4, -0.2) is 25.0 Å². The van der Waals surface area contributed by atoms with E-state index in [1.54, 1.807) is 6.20 Å². The number of nitrogens with one attached hydrogen (secondary N) is 1. The number of rotatable bonds is 4. The molecule has 1 amide bonds. The zero-order valence-electron chi connectivity index (χ0n) is 13.3. The minimum atomic E-state index is -0.180. The van der Waals surface area contributed by atoms with Gasteiger partial charge in [0.2, 0.25) is 0 Å². The first-order valence-corrected chi connectivity index (χ1v) is 8.54. The van der Waals surface area contributed by atoms with Gasteiger partial charge in [0.15, 0.2) is 0 Å². The summed E-state index contributed by atoms with van der Waals surface area (Å²) in [6, 6.07) is 15.1. The van der Waals surface area contributed by atoms with Crippen molar-refractivity contribution in [3.63, 3.8) is 0 Å². The lowest BCUT2D eigenvalue weighted by Crippen LogP contribution is -2.15. The monoisotopic (exact) mass is 357 g/mol. The molecule has 1 heterocycles. The SMILES string of the molecule is CN(C)c1ccccc1NC(=O)c1cnc(-c2ccccc2Cl)s1. The maximum Gasteiger partial charge on any atom is 0.267 e. The van der Waals surface area contributed by atoms with Crippen molar-refractivity contribution >= 4 is 40.2 Å². The number of thiazole rings is 1. The lowest BCUT2D eigenvalue weighted by atomic mass is 10.2. The van der Waals surface area contributed by atoms with Crippen LogP contribution < -0.4 is 10.2 Å². The standard InChI is InChI=1S/C18H16ClN3OS/c1-22(2)15-10-6-5-9-14(15)21-17(23)16-11-20-18(24-16)12-7-3-4-8-13(12)19/h3-11H,1-2H3,(H,21,23). The van der Waals surface area contributed by atoms with E-state index in [-0.39, 0.29) is 5.91 Å². The van der Waals surface area contributed by atoms with Gasteiger partial charge in [-0.2, -0.15) is 0 Å². The molecule has 2 aromatic carbocycles. The van der Waals surface area contributed by atoms with E-state index in [0.717, 1.165) is 21.9 Å². The molecular formula is C18H16ClN3OS. The average molecular weight is 358 g/mol.